The summed E-state index contributed by atoms with van der Waals surface area (Å²) in [5.41, 5.74) is 5.84. The largest absolute Gasteiger partial charge is 0.361 e. The SMILES string of the molecule is O=C(C[C@H](NC(=O)c1ccccc1)c1ccccc1)N/N=C\c1c[nH]c2ccccc12. The normalized spacial score (nSPS) is 12.0. The van der Waals surface area contributed by atoms with Crippen molar-refractivity contribution < 1.29 is 9.59 Å². The summed E-state index contributed by atoms with van der Waals surface area (Å²) >= 11 is 0. The first-order valence-electron chi connectivity index (χ1n) is 9.99. The predicted octanol–water partition coefficient (Wildman–Crippen LogP) is 4.18. The van der Waals surface area contributed by atoms with E-state index in [4.69, 9.17) is 0 Å². The molecule has 0 spiro atoms. The molecule has 0 bridgehead atoms. The lowest BCUT2D eigenvalue weighted by molar-refractivity contribution is -0.121. The summed E-state index contributed by atoms with van der Waals surface area (Å²) < 4.78 is 0. The number of nitrogens with zero attached hydrogens (tertiary/aromatic N) is 1. The minimum atomic E-state index is -0.475. The van der Waals surface area contributed by atoms with Crippen molar-refractivity contribution in [2.75, 3.05) is 0 Å². The lowest BCUT2D eigenvalue weighted by Gasteiger charge is -2.18. The fourth-order valence-corrected chi connectivity index (χ4v) is 3.37. The Morgan fingerprint density at radius 2 is 1.58 bits per heavy atom. The van der Waals surface area contributed by atoms with Crippen LogP contribution in [-0.4, -0.2) is 23.0 Å². The lowest BCUT2D eigenvalue weighted by Crippen LogP contribution is -2.32. The van der Waals surface area contributed by atoms with Gasteiger partial charge in [-0.3, -0.25) is 9.59 Å². The van der Waals surface area contributed by atoms with Crippen molar-refractivity contribution in [1.29, 1.82) is 0 Å². The molecule has 1 aromatic heterocycles. The van der Waals surface area contributed by atoms with Gasteiger partial charge in [-0.05, 0) is 23.8 Å². The second-order valence-electron chi connectivity index (χ2n) is 7.09. The van der Waals surface area contributed by atoms with Gasteiger partial charge < -0.3 is 10.3 Å². The lowest BCUT2D eigenvalue weighted by atomic mass is 10.0. The zero-order valence-electron chi connectivity index (χ0n) is 16.8. The van der Waals surface area contributed by atoms with Gasteiger partial charge in [0, 0.05) is 28.2 Å². The number of amides is 2. The van der Waals surface area contributed by atoms with Crippen LogP contribution in [0.2, 0.25) is 0 Å². The Balaban J connectivity index is 1.43. The number of hydrazone groups is 1. The molecule has 2 amide bonds. The van der Waals surface area contributed by atoms with Gasteiger partial charge in [0.05, 0.1) is 18.7 Å². The van der Waals surface area contributed by atoms with Gasteiger partial charge in [-0.25, -0.2) is 5.43 Å². The molecule has 31 heavy (non-hydrogen) atoms. The number of nitrogens with one attached hydrogen (secondary N) is 3. The van der Waals surface area contributed by atoms with Crippen LogP contribution in [0.15, 0.2) is 96.2 Å². The number of hydrogen-bond donors (Lipinski definition) is 3. The van der Waals surface area contributed by atoms with E-state index >= 15 is 0 Å². The fourth-order valence-electron chi connectivity index (χ4n) is 3.37. The van der Waals surface area contributed by atoms with E-state index < -0.39 is 6.04 Å². The number of para-hydroxylation sites is 1. The second kappa shape index (κ2) is 9.54. The van der Waals surface area contributed by atoms with Gasteiger partial charge in [0.15, 0.2) is 0 Å². The minimum absolute atomic E-state index is 0.0633. The van der Waals surface area contributed by atoms with Gasteiger partial charge in [0.25, 0.3) is 5.91 Å². The van der Waals surface area contributed by atoms with Gasteiger partial charge in [0.2, 0.25) is 5.91 Å². The van der Waals surface area contributed by atoms with Crippen molar-refractivity contribution in [2.45, 2.75) is 12.5 Å². The number of aromatic amines is 1. The predicted molar refractivity (Wildman–Crippen MR) is 122 cm³/mol. The maximum Gasteiger partial charge on any atom is 0.251 e. The molecule has 0 radical (unpaired) electrons. The van der Waals surface area contributed by atoms with E-state index in [-0.39, 0.29) is 18.2 Å². The van der Waals surface area contributed by atoms with E-state index in [0.29, 0.717) is 5.56 Å². The average molecular weight is 410 g/mol. The smallest absolute Gasteiger partial charge is 0.251 e. The number of carbonyl (C=O) groups excluding carboxylic acids is 2. The first-order valence-corrected chi connectivity index (χ1v) is 9.99. The third-order valence-electron chi connectivity index (χ3n) is 4.95. The molecule has 0 fully saturated rings. The molecule has 0 aliphatic heterocycles. The molecule has 3 N–H and O–H groups in total. The summed E-state index contributed by atoms with van der Waals surface area (Å²) in [7, 11) is 0. The fraction of sp³-hybridized carbons (Fsp3) is 0.0800. The number of aromatic nitrogens is 1. The number of hydrogen-bond acceptors (Lipinski definition) is 3. The van der Waals surface area contributed by atoms with Crippen LogP contribution in [0.5, 0.6) is 0 Å². The Kier molecular flexibility index (Phi) is 6.18. The van der Waals surface area contributed by atoms with E-state index in [1.807, 2.05) is 66.9 Å². The Labute approximate surface area is 180 Å². The topological polar surface area (TPSA) is 86.3 Å². The highest BCUT2D eigenvalue weighted by molar-refractivity contribution is 5.99. The molecule has 0 saturated carbocycles. The molecular formula is C25H22N4O2. The second-order valence-corrected chi connectivity index (χ2v) is 7.09. The molecule has 6 nitrogen and oxygen atoms in total. The van der Waals surface area contributed by atoms with Gasteiger partial charge in [-0.15, -0.1) is 0 Å². The summed E-state index contributed by atoms with van der Waals surface area (Å²) in [4.78, 5) is 28.3. The third kappa shape index (κ3) is 5.05. The zero-order valence-corrected chi connectivity index (χ0v) is 16.8. The molecule has 6 heteroatoms. The minimum Gasteiger partial charge on any atom is -0.361 e. The summed E-state index contributed by atoms with van der Waals surface area (Å²) in [5, 5.41) is 8.07. The van der Waals surface area contributed by atoms with E-state index in [1.165, 1.54) is 0 Å². The van der Waals surface area contributed by atoms with Crippen LogP contribution in [0.25, 0.3) is 10.9 Å². The summed E-state index contributed by atoms with van der Waals surface area (Å²) in [5.74, 6) is -0.525. The van der Waals surface area contributed by atoms with Gasteiger partial charge >= 0.3 is 0 Å². The monoisotopic (exact) mass is 410 g/mol. The first kappa shape index (κ1) is 20.1. The zero-order chi connectivity index (χ0) is 21.5. The summed E-state index contributed by atoms with van der Waals surface area (Å²) in [6.45, 7) is 0. The standard InChI is InChI=1S/C25H22N4O2/c30-24(29-27-17-20-16-26-22-14-8-7-13-21(20)22)15-23(18-9-3-1-4-10-18)28-25(31)19-11-5-2-6-12-19/h1-14,16-17,23,26H,15H2,(H,28,31)(H,29,30)/b27-17-/t23-/m0/s1. The maximum absolute atomic E-state index is 12.6. The van der Waals surface area contributed by atoms with E-state index in [9.17, 15) is 9.59 Å². The Morgan fingerprint density at radius 1 is 0.903 bits per heavy atom. The van der Waals surface area contributed by atoms with E-state index in [1.54, 1.807) is 30.5 Å². The van der Waals surface area contributed by atoms with Crippen LogP contribution in [0, 0.1) is 0 Å². The molecule has 1 heterocycles. The Hall–Kier alpha value is -4.19. The molecule has 154 valence electrons. The molecule has 0 aliphatic carbocycles. The van der Waals surface area contributed by atoms with Crippen molar-refractivity contribution in [1.82, 2.24) is 15.7 Å². The maximum atomic E-state index is 12.6. The number of fused-ring (bicyclic) bond motifs is 1. The van der Waals surface area contributed by atoms with Crippen molar-refractivity contribution in [2.24, 2.45) is 5.10 Å². The molecular weight excluding hydrogens is 388 g/mol. The van der Waals surface area contributed by atoms with Crippen LogP contribution < -0.4 is 10.7 Å². The van der Waals surface area contributed by atoms with E-state index in [0.717, 1.165) is 22.0 Å². The molecule has 3 aromatic carbocycles. The molecule has 4 rings (SSSR count). The highest BCUT2D eigenvalue weighted by atomic mass is 16.2. The van der Waals surface area contributed by atoms with Crippen LogP contribution in [0.1, 0.15) is 33.9 Å². The van der Waals surface area contributed by atoms with Crippen LogP contribution in [0.3, 0.4) is 0 Å². The van der Waals surface area contributed by atoms with Crippen molar-refractivity contribution in [3.05, 3.63) is 108 Å². The summed E-state index contributed by atoms with van der Waals surface area (Å²) in [6.07, 6.45) is 3.51. The highest BCUT2D eigenvalue weighted by Gasteiger charge is 2.19. The Bertz CT molecular complexity index is 1200. The van der Waals surface area contributed by atoms with Crippen molar-refractivity contribution in [3.8, 4) is 0 Å². The molecule has 1 atom stereocenters. The molecule has 0 unspecified atom stereocenters. The highest BCUT2D eigenvalue weighted by Crippen LogP contribution is 2.18. The Morgan fingerprint density at radius 3 is 2.35 bits per heavy atom. The van der Waals surface area contributed by atoms with Crippen molar-refractivity contribution >= 4 is 28.9 Å². The number of carbonyl (C=O) groups is 2. The van der Waals surface area contributed by atoms with Gasteiger partial charge in [0.1, 0.15) is 0 Å². The molecule has 0 aliphatic rings. The van der Waals surface area contributed by atoms with Gasteiger partial charge in [-0.1, -0.05) is 66.7 Å². The van der Waals surface area contributed by atoms with Crippen LogP contribution in [0.4, 0.5) is 0 Å². The van der Waals surface area contributed by atoms with Crippen molar-refractivity contribution in [3.63, 3.8) is 0 Å². The van der Waals surface area contributed by atoms with E-state index in [2.05, 4.69) is 20.8 Å². The van der Waals surface area contributed by atoms with Gasteiger partial charge in [-0.2, -0.15) is 5.10 Å². The average Bonchev–Trinajstić information content (AvgIpc) is 3.23. The summed E-state index contributed by atoms with van der Waals surface area (Å²) in [6, 6.07) is 25.8. The molecule has 4 aromatic rings. The van der Waals surface area contributed by atoms with Crippen LogP contribution in [-0.2, 0) is 4.79 Å². The molecule has 0 saturated heterocycles. The first-order chi connectivity index (χ1) is 15.2. The number of rotatable bonds is 7. The third-order valence-corrected chi connectivity index (χ3v) is 4.95. The number of benzene rings is 3. The number of H-pyrrole nitrogens is 1. The van der Waals surface area contributed by atoms with Crippen LogP contribution >= 0.6 is 0 Å². The quantitative estimate of drug-likeness (QED) is 0.315.